The summed E-state index contributed by atoms with van der Waals surface area (Å²) in [4.78, 5) is 26.6. The van der Waals surface area contributed by atoms with Crippen LogP contribution < -0.4 is 4.74 Å². The van der Waals surface area contributed by atoms with E-state index in [1.54, 1.807) is 31.4 Å². The number of carbonyl (C=O) groups is 2. The van der Waals surface area contributed by atoms with Crippen molar-refractivity contribution >= 4 is 11.6 Å². The summed E-state index contributed by atoms with van der Waals surface area (Å²) < 4.78 is 5.18. The topological polar surface area (TPSA) is 43.4 Å². The van der Waals surface area contributed by atoms with E-state index in [-0.39, 0.29) is 17.0 Å². The van der Waals surface area contributed by atoms with E-state index in [9.17, 15) is 9.59 Å². The van der Waals surface area contributed by atoms with Crippen LogP contribution in [0.5, 0.6) is 5.75 Å². The summed E-state index contributed by atoms with van der Waals surface area (Å²) in [7, 11) is 1.60. The minimum absolute atomic E-state index is 0.0612. The second-order valence-corrected chi connectivity index (χ2v) is 8.74. The van der Waals surface area contributed by atoms with Gasteiger partial charge in [-0.05, 0) is 48.9 Å². The predicted molar refractivity (Wildman–Crippen MR) is 122 cm³/mol. The first-order chi connectivity index (χ1) is 13.7. The monoisotopic (exact) mass is 398 g/mol. The minimum Gasteiger partial charge on any atom is -0.497 e. The van der Waals surface area contributed by atoms with Crippen molar-refractivity contribution in [1.29, 1.82) is 0 Å². The standard InChI is InChI=1S/C26H38O3/c1-7-9-10-14-23(25(28)21-15-17-22(29-6)18-16-21)24(27)20(12-8-2)13-11-19-26(3,4)5/h11-13,15-18,23H,7-10,14,19H2,1-6H3/b13-11-,20-12+. The van der Waals surface area contributed by atoms with Crippen LogP contribution in [0.1, 0.15) is 83.5 Å². The molecule has 0 saturated heterocycles. The fourth-order valence-electron chi connectivity index (χ4n) is 3.15. The van der Waals surface area contributed by atoms with Gasteiger partial charge in [0, 0.05) is 11.1 Å². The van der Waals surface area contributed by atoms with Gasteiger partial charge in [0.25, 0.3) is 0 Å². The normalized spacial score (nSPS) is 13.5. The van der Waals surface area contributed by atoms with Gasteiger partial charge in [0.15, 0.2) is 11.6 Å². The van der Waals surface area contributed by atoms with Gasteiger partial charge in [-0.1, -0.05) is 72.1 Å². The zero-order valence-corrected chi connectivity index (χ0v) is 19.1. The van der Waals surface area contributed by atoms with Gasteiger partial charge >= 0.3 is 0 Å². The predicted octanol–water partition coefficient (Wildman–Crippen LogP) is 6.97. The van der Waals surface area contributed by atoms with Crippen molar-refractivity contribution in [2.45, 2.75) is 73.1 Å². The van der Waals surface area contributed by atoms with Crippen molar-refractivity contribution in [2.75, 3.05) is 7.11 Å². The average Bonchev–Trinajstić information content (AvgIpc) is 2.69. The quantitative estimate of drug-likeness (QED) is 0.125. The van der Waals surface area contributed by atoms with E-state index in [4.69, 9.17) is 4.74 Å². The van der Waals surface area contributed by atoms with Gasteiger partial charge in [-0.15, -0.1) is 0 Å². The van der Waals surface area contributed by atoms with Crippen LogP contribution >= 0.6 is 0 Å². The Bertz CT molecular complexity index is 702. The Kier molecular flexibility index (Phi) is 10.6. The second kappa shape index (κ2) is 12.4. The van der Waals surface area contributed by atoms with Crippen LogP contribution in [-0.2, 0) is 4.79 Å². The van der Waals surface area contributed by atoms with Crippen molar-refractivity contribution in [2.24, 2.45) is 11.3 Å². The first-order valence-corrected chi connectivity index (χ1v) is 10.8. The zero-order valence-electron chi connectivity index (χ0n) is 19.1. The van der Waals surface area contributed by atoms with Crippen LogP contribution in [0.25, 0.3) is 0 Å². The Morgan fingerprint density at radius 3 is 2.24 bits per heavy atom. The molecule has 0 aliphatic carbocycles. The summed E-state index contributed by atoms with van der Waals surface area (Å²) >= 11 is 0. The summed E-state index contributed by atoms with van der Waals surface area (Å²) in [6.45, 7) is 10.7. The fraction of sp³-hybridized carbons (Fsp3) is 0.538. The lowest BCUT2D eigenvalue weighted by Crippen LogP contribution is -2.25. The first kappa shape index (κ1) is 24.9. The number of benzene rings is 1. The third kappa shape index (κ3) is 8.81. The van der Waals surface area contributed by atoms with Gasteiger partial charge in [0.2, 0.25) is 0 Å². The van der Waals surface area contributed by atoms with Gasteiger partial charge in [0.05, 0.1) is 13.0 Å². The molecule has 1 aromatic carbocycles. The number of Topliss-reactive ketones (excluding diaryl/α,β-unsaturated/α-hetero) is 2. The maximum Gasteiger partial charge on any atom is 0.173 e. The Hall–Kier alpha value is -2.16. The Morgan fingerprint density at radius 1 is 1.07 bits per heavy atom. The number of allylic oxidation sites excluding steroid dienone is 4. The Labute approximate surface area is 177 Å². The molecule has 0 aliphatic heterocycles. The molecule has 1 rings (SSSR count). The molecule has 3 nitrogen and oxygen atoms in total. The average molecular weight is 399 g/mol. The molecule has 3 heteroatoms. The molecule has 0 aromatic heterocycles. The largest absolute Gasteiger partial charge is 0.497 e. The highest BCUT2D eigenvalue weighted by molar-refractivity contribution is 6.16. The molecule has 0 bridgehead atoms. The first-order valence-electron chi connectivity index (χ1n) is 10.8. The molecule has 1 aromatic rings. The number of carbonyl (C=O) groups excluding carboxylic acids is 2. The lowest BCUT2D eigenvalue weighted by Gasteiger charge is -2.17. The molecule has 0 radical (unpaired) electrons. The second-order valence-electron chi connectivity index (χ2n) is 8.74. The molecule has 0 spiro atoms. The number of hydrogen-bond donors (Lipinski definition) is 0. The highest BCUT2D eigenvalue weighted by Crippen LogP contribution is 2.24. The van der Waals surface area contributed by atoms with Crippen LogP contribution in [0.15, 0.2) is 48.1 Å². The number of unbranched alkanes of at least 4 members (excludes halogenated alkanes) is 2. The fourth-order valence-corrected chi connectivity index (χ4v) is 3.15. The highest BCUT2D eigenvalue weighted by Gasteiger charge is 2.28. The number of ketones is 2. The summed E-state index contributed by atoms with van der Waals surface area (Å²) in [6.07, 6.45) is 11.1. The Morgan fingerprint density at radius 2 is 1.72 bits per heavy atom. The lowest BCUT2D eigenvalue weighted by molar-refractivity contribution is -0.117. The maximum atomic E-state index is 13.4. The van der Waals surface area contributed by atoms with Gasteiger partial charge in [-0.2, -0.15) is 0 Å². The summed E-state index contributed by atoms with van der Waals surface area (Å²) in [5, 5.41) is 0. The zero-order chi connectivity index (χ0) is 21.9. The van der Waals surface area contributed by atoms with E-state index < -0.39 is 5.92 Å². The van der Waals surface area contributed by atoms with E-state index in [1.807, 2.05) is 19.1 Å². The number of methoxy groups -OCH3 is 1. The molecule has 0 N–H and O–H groups in total. The third-order valence-corrected chi connectivity index (χ3v) is 4.84. The molecule has 1 unspecified atom stereocenters. The number of rotatable bonds is 12. The number of ether oxygens (including phenoxy) is 1. The SMILES string of the molecule is CC/C=C(\C=C/CC(C)(C)C)C(=O)C(CCCCC)C(=O)c1ccc(OC)cc1. The maximum absolute atomic E-state index is 13.4. The summed E-state index contributed by atoms with van der Waals surface area (Å²) in [6, 6.07) is 7.04. The molecule has 0 heterocycles. The van der Waals surface area contributed by atoms with Gasteiger partial charge in [-0.25, -0.2) is 0 Å². The molecular formula is C26H38O3. The van der Waals surface area contributed by atoms with Crippen LogP contribution in [-0.4, -0.2) is 18.7 Å². The van der Waals surface area contributed by atoms with E-state index in [1.165, 1.54) is 0 Å². The van der Waals surface area contributed by atoms with Crippen LogP contribution in [0, 0.1) is 11.3 Å². The molecule has 0 saturated carbocycles. The van der Waals surface area contributed by atoms with Crippen molar-refractivity contribution in [3.05, 3.63) is 53.6 Å². The van der Waals surface area contributed by atoms with Crippen LogP contribution in [0.2, 0.25) is 0 Å². The number of hydrogen-bond acceptors (Lipinski definition) is 3. The van der Waals surface area contributed by atoms with E-state index in [2.05, 4.69) is 33.8 Å². The van der Waals surface area contributed by atoms with E-state index >= 15 is 0 Å². The Balaban J connectivity index is 3.12. The van der Waals surface area contributed by atoms with Crippen molar-refractivity contribution < 1.29 is 14.3 Å². The molecule has 160 valence electrons. The smallest absolute Gasteiger partial charge is 0.173 e. The lowest BCUT2D eigenvalue weighted by atomic mass is 9.85. The van der Waals surface area contributed by atoms with Crippen LogP contribution in [0.4, 0.5) is 0 Å². The minimum atomic E-state index is -0.632. The third-order valence-electron chi connectivity index (χ3n) is 4.84. The molecular weight excluding hydrogens is 360 g/mol. The van der Waals surface area contributed by atoms with Gasteiger partial charge < -0.3 is 4.74 Å². The molecule has 0 amide bonds. The highest BCUT2D eigenvalue weighted by atomic mass is 16.5. The van der Waals surface area contributed by atoms with E-state index in [0.29, 0.717) is 23.3 Å². The van der Waals surface area contributed by atoms with E-state index in [0.717, 1.165) is 32.1 Å². The van der Waals surface area contributed by atoms with Crippen molar-refractivity contribution in [3.63, 3.8) is 0 Å². The van der Waals surface area contributed by atoms with Gasteiger partial charge in [-0.3, -0.25) is 9.59 Å². The van der Waals surface area contributed by atoms with Crippen molar-refractivity contribution in [1.82, 2.24) is 0 Å². The molecule has 0 aliphatic rings. The van der Waals surface area contributed by atoms with Gasteiger partial charge in [0.1, 0.15) is 5.75 Å². The molecule has 0 fully saturated rings. The van der Waals surface area contributed by atoms with Crippen molar-refractivity contribution in [3.8, 4) is 5.75 Å². The van der Waals surface area contributed by atoms with Crippen LogP contribution in [0.3, 0.4) is 0 Å². The molecule has 1 atom stereocenters. The summed E-state index contributed by atoms with van der Waals surface area (Å²) in [5.41, 5.74) is 1.38. The molecule has 29 heavy (non-hydrogen) atoms. The summed E-state index contributed by atoms with van der Waals surface area (Å²) in [5.74, 6) is -0.0898.